The molecule has 0 spiro atoms. The summed E-state index contributed by atoms with van der Waals surface area (Å²) in [5.41, 5.74) is 3.42. The maximum Gasteiger partial charge on any atom is 0.291 e. The predicted molar refractivity (Wildman–Crippen MR) is 148 cm³/mol. The highest BCUT2D eigenvalue weighted by Crippen LogP contribution is 2.30. The predicted octanol–water partition coefficient (Wildman–Crippen LogP) is 4.05. The molecule has 0 radical (unpaired) electrons. The zero-order valence-corrected chi connectivity index (χ0v) is 21.7. The monoisotopic (exact) mass is 516 g/mol. The second kappa shape index (κ2) is 12.8. The van der Waals surface area contributed by atoms with Gasteiger partial charge in [0.2, 0.25) is 0 Å². The number of morpholine rings is 1. The van der Waals surface area contributed by atoms with E-state index in [2.05, 4.69) is 50.8 Å². The Morgan fingerprint density at radius 1 is 0.895 bits per heavy atom. The number of amides is 2. The molecule has 2 saturated heterocycles. The lowest BCUT2D eigenvalue weighted by Gasteiger charge is -2.35. The number of nitrogens with one attached hydrogen (secondary N) is 2. The van der Waals surface area contributed by atoms with Crippen LogP contribution in [0, 0.1) is 5.92 Å². The molecule has 1 aromatic heterocycles. The molecule has 3 aromatic rings. The van der Waals surface area contributed by atoms with Gasteiger partial charge in [-0.25, -0.2) is 0 Å². The fourth-order valence-electron chi connectivity index (χ4n) is 5.24. The van der Waals surface area contributed by atoms with Crippen molar-refractivity contribution in [2.75, 3.05) is 62.7 Å². The van der Waals surface area contributed by atoms with Crippen molar-refractivity contribution in [1.29, 1.82) is 0 Å². The van der Waals surface area contributed by atoms with Crippen LogP contribution in [0.3, 0.4) is 0 Å². The zero-order valence-electron chi connectivity index (χ0n) is 21.7. The molecule has 38 heavy (non-hydrogen) atoms. The minimum Gasteiger partial charge on any atom is -0.459 e. The van der Waals surface area contributed by atoms with Crippen LogP contribution in [-0.2, 0) is 11.2 Å². The van der Waals surface area contributed by atoms with Crippen LogP contribution in [0.5, 0.6) is 0 Å². The third-order valence-corrected chi connectivity index (χ3v) is 7.38. The Balaban J connectivity index is 1.27. The van der Waals surface area contributed by atoms with Gasteiger partial charge in [0.25, 0.3) is 11.8 Å². The van der Waals surface area contributed by atoms with Crippen LogP contribution in [-0.4, -0.2) is 69.2 Å². The quantitative estimate of drug-likeness (QED) is 0.446. The largest absolute Gasteiger partial charge is 0.459 e. The van der Waals surface area contributed by atoms with E-state index in [0.717, 1.165) is 70.9 Å². The number of piperidine rings is 1. The molecule has 2 aliphatic rings. The summed E-state index contributed by atoms with van der Waals surface area (Å²) < 4.78 is 10.6. The van der Waals surface area contributed by atoms with Gasteiger partial charge in [-0.15, -0.1) is 0 Å². The van der Waals surface area contributed by atoms with Crippen molar-refractivity contribution in [3.8, 4) is 0 Å². The first kappa shape index (κ1) is 26.0. The lowest BCUT2D eigenvalue weighted by Crippen LogP contribution is -2.41. The number of carbonyl (C=O) groups is 2. The third kappa shape index (κ3) is 6.82. The summed E-state index contributed by atoms with van der Waals surface area (Å²) >= 11 is 0. The van der Waals surface area contributed by atoms with E-state index < -0.39 is 0 Å². The Bertz CT molecular complexity index is 1180. The molecule has 2 N–H and O–H groups in total. The van der Waals surface area contributed by atoms with Crippen molar-refractivity contribution < 1.29 is 18.7 Å². The lowest BCUT2D eigenvalue weighted by molar-refractivity contribution is 0.0383. The van der Waals surface area contributed by atoms with Crippen molar-refractivity contribution in [3.63, 3.8) is 0 Å². The third-order valence-electron chi connectivity index (χ3n) is 7.38. The van der Waals surface area contributed by atoms with Crippen LogP contribution in [0.25, 0.3) is 0 Å². The summed E-state index contributed by atoms with van der Waals surface area (Å²) in [6.07, 6.45) is 4.70. The molecule has 8 nitrogen and oxygen atoms in total. The summed E-state index contributed by atoms with van der Waals surface area (Å²) in [6, 6.07) is 19.5. The Hall–Kier alpha value is -3.62. The van der Waals surface area contributed by atoms with Crippen LogP contribution in [0.1, 0.15) is 39.3 Å². The molecule has 2 aromatic carbocycles. The number of furan rings is 1. The average Bonchev–Trinajstić information content (AvgIpc) is 3.50. The Morgan fingerprint density at radius 3 is 2.42 bits per heavy atom. The molecule has 0 atom stereocenters. The van der Waals surface area contributed by atoms with Gasteiger partial charge in [0.15, 0.2) is 5.76 Å². The van der Waals surface area contributed by atoms with Crippen molar-refractivity contribution in [2.45, 2.75) is 19.3 Å². The summed E-state index contributed by atoms with van der Waals surface area (Å²) in [5.74, 6) is 0.384. The van der Waals surface area contributed by atoms with E-state index in [-0.39, 0.29) is 17.6 Å². The second-order valence-electron chi connectivity index (χ2n) is 9.99. The average molecular weight is 517 g/mol. The van der Waals surface area contributed by atoms with Crippen molar-refractivity contribution >= 4 is 23.2 Å². The topological polar surface area (TPSA) is 87.1 Å². The minimum atomic E-state index is -0.344. The van der Waals surface area contributed by atoms with Crippen molar-refractivity contribution in [1.82, 2.24) is 10.2 Å². The highest BCUT2D eigenvalue weighted by molar-refractivity contribution is 6.05. The van der Waals surface area contributed by atoms with Crippen LogP contribution in [0.4, 0.5) is 11.4 Å². The number of ether oxygens (including phenoxy) is 1. The minimum absolute atomic E-state index is 0.131. The highest BCUT2D eigenvalue weighted by Gasteiger charge is 2.24. The normalized spacial score (nSPS) is 16.8. The summed E-state index contributed by atoms with van der Waals surface area (Å²) in [5, 5.41) is 5.95. The van der Waals surface area contributed by atoms with Gasteiger partial charge in [-0.3, -0.25) is 14.5 Å². The Morgan fingerprint density at radius 2 is 1.68 bits per heavy atom. The fourth-order valence-corrected chi connectivity index (χ4v) is 5.24. The van der Waals surface area contributed by atoms with E-state index >= 15 is 0 Å². The first-order valence-corrected chi connectivity index (χ1v) is 13.5. The second-order valence-corrected chi connectivity index (χ2v) is 9.99. The van der Waals surface area contributed by atoms with Crippen molar-refractivity contribution in [3.05, 3.63) is 83.8 Å². The van der Waals surface area contributed by atoms with E-state index in [1.165, 1.54) is 11.8 Å². The van der Waals surface area contributed by atoms with Crippen LogP contribution >= 0.6 is 0 Å². The number of rotatable bonds is 9. The van der Waals surface area contributed by atoms with Gasteiger partial charge < -0.3 is 24.7 Å². The molecule has 2 amide bonds. The van der Waals surface area contributed by atoms with Gasteiger partial charge in [0, 0.05) is 50.6 Å². The van der Waals surface area contributed by atoms with Gasteiger partial charge in [0.05, 0.1) is 25.0 Å². The maximum atomic E-state index is 13.4. The van der Waals surface area contributed by atoms with Crippen LogP contribution in [0.2, 0.25) is 0 Å². The zero-order chi connectivity index (χ0) is 26.2. The first-order valence-electron chi connectivity index (χ1n) is 13.5. The van der Waals surface area contributed by atoms with E-state index in [0.29, 0.717) is 23.7 Å². The van der Waals surface area contributed by atoms with Gasteiger partial charge in [-0.1, -0.05) is 30.3 Å². The molecular weight excluding hydrogens is 480 g/mol. The van der Waals surface area contributed by atoms with Gasteiger partial charge >= 0.3 is 0 Å². The molecule has 200 valence electrons. The Kier molecular flexibility index (Phi) is 8.73. The van der Waals surface area contributed by atoms with Gasteiger partial charge in [0.1, 0.15) is 0 Å². The molecule has 0 aliphatic carbocycles. The number of hydrogen-bond donors (Lipinski definition) is 2. The van der Waals surface area contributed by atoms with Gasteiger partial charge in [-0.05, 0) is 61.1 Å². The summed E-state index contributed by atoms with van der Waals surface area (Å²) in [6.45, 7) is 6.35. The molecule has 3 heterocycles. The molecule has 0 bridgehead atoms. The number of benzene rings is 2. The van der Waals surface area contributed by atoms with E-state index in [9.17, 15) is 9.59 Å². The molecule has 2 aliphatic heterocycles. The molecular formula is C30H36N4O4. The SMILES string of the molecule is O=C(Nc1ccc(N2CCC(Cc3ccccc3)CC2)c(C(=O)NCCN2CCOCC2)c1)c1ccco1. The maximum absolute atomic E-state index is 13.4. The Labute approximate surface area is 223 Å². The fraction of sp³-hybridized carbons (Fsp3) is 0.400. The number of carbonyl (C=O) groups excluding carboxylic acids is 2. The van der Waals surface area contributed by atoms with Gasteiger partial charge in [-0.2, -0.15) is 0 Å². The van der Waals surface area contributed by atoms with Crippen molar-refractivity contribution in [2.24, 2.45) is 5.92 Å². The van der Waals surface area contributed by atoms with Crippen LogP contribution < -0.4 is 15.5 Å². The standard InChI is InChI=1S/C30H36N4O4/c35-29(31-12-15-33-16-19-37-20-17-33)26-22-25(32-30(36)28-7-4-18-38-28)8-9-27(26)34-13-10-24(11-14-34)21-23-5-2-1-3-6-23/h1-9,18,22,24H,10-17,19-21H2,(H,31,35)(H,32,36). The highest BCUT2D eigenvalue weighted by atomic mass is 16.5. The van der Waals surface area contributed by atoms with E-state index in [1.807, 2.05) is 12.1 Å². The summed E-state index contributed by atoms with van der Waals surface area (Å²) in [7, 11) is 0. The van der Waals surface area contributed by atoms with E-state index in [4.69, 9.17) is 9.15 Å². The first-order chi connectivity index (χ1) is 18.7. The smallest absolute Gasteiger partial charge is 0.291 e. The van der Waals surface area contributed by atoms with E-state index in [1.54, 1.807) is 18.2 Å². The number of anilines is 2. The lowest BCUT2D eigenvalue weighted by atomic mass is 9.89. The number of hydrogen-bond acceptors (Lipinski definition) is 6. The molecule has 2 fully saturated rings. The van der Waals surface area contributed by atoms with Crippen LogP contribution in [0.15, 0.2) is 71.3 Å². The number of nitrogens with zero attached hydrogens (tertiary/aromatic N) is 2. The molecule has 0 saturated carbocycles. The molecule has 5 rings (SSSR count). The molecule has 8 heteroatoms. The summed E-state index contributed by atoms with van der Waals surface area (Å²) in [4.78, 5) is 30.6. The molecule has 0 unspecified atom stereocenters.